The predicted octanol–water partition coefficient (Wildman–Crippen LogP) is 2.42. The second kappa shape index (κ2) is 5.98. The zero-order valence-corrected chi connectivity index (χ0v) is 12.0. The third kappa shape index (κ3) is 3.40. The molecule has 1 N–H and O–H groups in total. The number of hydrogen-bond acceptors (Lipinski definition) is 3. The van der Waals surface area contributed by atoms with Gasteiger partial charge in [-0.15, -0.1) is 0 Å². The average molecular weight is 315 g/mol. The molecule has 1 aliphatic heterocycles. The molecular formula is C15H16F3NO3. The van der Waals surface area contributed by atoms with Gasteiger partial charge in [0, 0.05) is 18.4 Å². The molecule has 120 valence electrons. The van der Waals surface area contributed by atoms with Crippen molar-refractivity contribution in [2.75, 3.05) is 13.2 Å². The molecular weight excluding hydrogens is 299 g/mol. The molecule has 1 atom stereocenters. The van der Waals surface area contributed by atoms with Crippen LogP contribution in [0.5, 0.6) is 0 Å². The van der Waals surface area contributed by atoms with Crippen LogP contribution in [0.4, 0.5) is 13.2 Å². The number of hydrogen-bond donors (Lipinski definition) is 1. The molecule has 2 rings (SSSR count). The molecule has 0 aromatic heterocycles. The van der Waals surface area contributed by atoms with E-state index in [1.54, 1.807) is 6.92 Å². The van der Waals surface area contributed by atoms with E-state index < -0.39 is 23.1 Å². The van der Waals surface area contributed by atoms with Crippen LogP contribution in [0, 0.1) is 0 Å². The highest BCUT2D eigenvalue weighted by Gasteiger charge is 2.43. The molecule has 22 heavy (non-hydrogen) atoms. The van der Waals surface area contributed by atoms with Gasteiger partial charge in [0.1, 0.15) is 0 Å². The van der Waals surface area contributed by atoms with Crippen LogP contribution in [0.1, 0.15) is 30.9 Å². The summed E-state index contributed by atoms with van der Waals surface area (Å²) in [7, 11) is 0. The average Bonchev–Trinajstić information content (AvgIpc) is 2.80. The molecule has 1 aliphatic rings. The first-order chi connectivity index (χ1) is 10.3. The van der Waals surface area contributed by atoms with Crippen LogP contribution in [0.15, 0.2) is 24.3 Å². The van der Waals surface area contributed by atoms with Gasteiger partial charge in [-0.05, 0) is 18.6 Å². The predicted molar refractivity (Wildman–Crippen MR) is 72.0 cm³/mol. The van der Waals surface area contributed by atoms with E-state index in [-0.39, 0.29) is 31.9 Å². The van der Waals surface area contributed by atoms with E-state index in [1.165, 1.54) is 12.1 Å². The normalized spacial score (nSPS) is 21.5. The van der Waals surface area contributed by atoms with E-state index in [9.17, 15) is 22.8 Å². The fraction of sp³-hybridized carbons (Fsp3) is 0.467. The Labute approximate surface area is 125 Å². The van der Waals surface area contributed by atoms with Crippen molar-refractivity contribution >= 4 is 11.9 Å². The number of carbonyl (C=O) groups is 2. The summed E-state index contributed by atoms with van der Waals surface area (Å²) >= 11 is 0. The number of nitrogens with one attached hydrogen (secondary N) is 1. The molecule has 0 spiro atoms. The van der Waals surface area contributed by atoms with Gasteiger partial charge in [-0.3, -0.25) is 9.59 Å². The van der Waals surface area contributed by atoms with Crippen molar-refractivity contribution in [3.05, 3.63) is 35.4 Å². The minimum absolute atomic E-state index is 0.0346. The number of alkyl halides is 3. The number of halogens is 3. The molecule has 1 saturated heterocycles. The molecule has 1 amide bonds. The van der Waals surface area contributed by atoms with Gasteiger partial charge >= 0.3 is 12.1 Å². The largest absolute Gasteiger partial charge is 0.466 e. The summed E-state index contributed by atoms with van der Waals surface area (Å²) in [5.41, 5.74) is -1.48. The van der Waals surface area contributed by atoms with Crippen LogP contribution < -0.4 is 5.32 Å². The standard InChI is InChI=1S/C15H16F3NO3/c1-2-22-13(21)8-14(7-12(20)19-9-14)10-4-3-5-11(6-10)15(16,17)18/h3-6H,2,7-9H2,1H3,(H,19,20). The van der Waals surface area contributed by atoms with Gasteiger partial charge in [-0.1, -0.05) is 18.2 Å². The maximum absolute atomic E-state index is 12.9. The lowest BCUT2D eigenvalue weighted by Crippen LogP contribution is -2.33. The van der Waals surface area contributed by atoms with Crippen LogP contribution in [0.2, 0.25) is 0 Å². The maximum atomic E-state index is 12.9. The number of esters is 1. The number of benzene rings is 1. The molecule has 0 bridgehead atoms. The highest BCUT2D eigenvalue weighted by molar-refractivity contribution is 5.83. The third-order valence-electron chi connectivity index (χ3n) is 3.71. The third-order valence-corrected chi connectivity index (χ3v) is 3.71. The van der Waals surface area contributed by atoms with Crippen LogP contribution in [-0.2, 0) is 25.9 Å². The van der Waals surface area contributed by atoms with Gasteiger partial charge in [0.25, 0.3) is 0 Å². The molecule has 4 nitrogen and oxygen atoms in total. The number of amides is 1. The second-order valence-corrected chi connectivity index (χ2v) is 5.29. The van der Waals surface area contributed by atoms with E-state index in [4.69, 9.17) is 4.74 Å². The summed E-state index contributed by atoms with van der Waals surface area (Å²) in [6.07, 6.45) is -4.65. The van der Waals surface area contributed by atoms with Crippen molar-refractivity contribution in [2.24, 2.45) is 0 Å². The Hall–Kier alpha value is -2.05. The number of carbonyl (C=O) groups excluding carboxylic acids is 2. The fourth-order valence-electron chi connectivity index (χ4n) is 2.65. The summed E-state index contributed by atoms with van der Waals surface area (Å²) < 4.78 is 43.5. The minimum atomic E-state index is -4.48. The molecule has 1 heterocycles. The lowest BCUT2D eigenvalue weighted by atomic mass is 9.76. The zero-order valence-electron chi connectivity index (χ0n) is 12.0. The molecule has 0 saturated carbocycles. The Morgan fingerprint density at radius 3 is 2.68 bits per heavy atom. The number of ether oxygens (including phenoxy) is 1. The van der Waals surface area contributed by atoms with E-state index in [0.29, 0.717) is 5.56 Å². The summed E-state index contributed by atoms with van der Waals surface area (Å²) in [5, 5.41) is 2.59. The molecule has 1 unspecified atom stereocenters. The van der Waals surface area contributed by atoms with E-state index in [1.807, 2.05) is 0 Å². The zero-order chi connectivity index (χ0) is 16.4. The first-order valence-corrected chi connectivity index (χ1v) is 6.87. The Kier molecular flexibility index (Phi) is 4.44. The second-order valence-electron chi connectivity index (χ2n) is 5.29. The quantitative estimate of drug-likeness (QED) is 0.868. The Balaban J connectivity index is 2.38. The SMILES string of the molecule is CCOC(=O)CC1(c2cccc(C(F)(F)F)c2)CNC(=O)C1. The Morgan fingerprint density at radius 2 is 2.14 bits per heavy atom. The number of rotatable bonds is 4. The molecule has 1 aromatic rings. The Bertz CT molecular complexity index is 586. The topological polar surface area (TPSA) is 55.4 Å². The summed E-state index contributed by atoms with van der Waals surface area (Å²) in [6.45, 7) is 1.94. The van der Waals surface area contributed by atoms with E-state index in [0.717, 1.165) is 12.1 Å². The first-order valence-electron chi connectivity index (χ1n) is 6.87. The van der Waals surface area contributed by atoms with Gasteiger partial charge in [0.2, 0.25) is 5.91 Å². The smallest absolute Gasteiger partial charge is 0.416 e. The van der Waals surface area contributed by atoms with Gasteiger partial charge in [-0.25, -0.2) is 0 Å². The summed E-state index contributed by atoms with van der Waals surface area (Å²) in [6, 6.07) is 4.76. The van der Waals surface area contributed by atoms with Crippen molar-refractivity contribution in [3.8, 4) is 0 Å². The van der Waals surface area contributed by atoms with Crippen molar-refractivity contribution in [1.29, 1.82) is 0 Å². The molecule has 7 heteroatoms. The molecule has 1 aromatic carbocycles. The minimum Gasteiger partial charge on any atom is -0.466 e. The van der Waals surface area contributed by atoms with Crippen molar-refractivity contribution in [3.63, 3.8) is 0 Å². The van der Waals surface area contributed by atoms with Gasteiger partial charge in [0.05, 0.1) is 18.6 Å². The fourth-order valence-corrected chi connectivity index (χ4v) is 2.65. The van der Waals surface area contributed by atoms with Gasteiger partial charge in [0.15, 0.2) is 0 Å². The Morgan fingerprint density at radius 1 is 1.41 bits per heavy atom. The lowest BCUT2D eigenvalue weighted by Gasteiger charge is -2.27. The van der Waals surface area contributed by atoms with Crippen molar-refractivity contribution in [1.82, 2.24) is 5.32 Å². The summed E-state index contributed by atoms with van der Waals surface area (Å²) in [5.74, 6) is -0.821. The van der Waals surface area contributed by atoms with E-state index in [2.05, 4.69) is 5.32 Å². The maximum Gasteiger partial charge on any atom is 0.416 e. The van der Waals surface area contributed by atoms with Crippen LogP contribution in [-0.4, -0.2) is 25.0 Å². The molecule has 0 aliphatic carbocycles. The van der Waals surface area contributed by atoms with Gasteiger partial charge in [-0.2, -0.15) is 13.2 Å². The van der Waals surface area contributed by atoms with Crippen LogP contribution >= 0.6 is 0 Å². The summed E-state index contributed by atoms with van der Waals surface area (Å²) in [4.78, 5) is 23.4. The van der Waals surface area contributed by atoms with Gasteiger partial charge < -0.3 is 10.1 Å². The first kappa shape index (κ1) is 16.3. The highest BCUT2D eigenvalue weighted by Crippen LogP contribution is 2.38. The lowest BCUT2D eigenvalue weighted by molar-refractivity contribution is -0.144. The van der Waals surface area contributed by atoms with Crippen LogP contribution in [0.25, 0.3) is 0 Å². The molecule has 0 radical (unpaired) electrons. The van der Waals surface area contributed by atoms with Crippen molar-refractivity contribution < 1.29 is 27.5 Å². The highest BCUT2D eigenvalue weighted by atomic mass is 19.4. The van der Waals surface area contributed by atoms with Crippen LogP contribution in [0.3, 0.4) is 0 Å². The van der Waals surface area contributed by atoms with E-state index >= 15 is 0 Å². The molecule has 1 fully saturated rings. The monoisotopic (exact) mass is 315 g/mol. The van der Waals surface area contributed by atoms with Crippen molar-refractivity contribution in [2.45, 2.75) is 31.4 Å².